The Balaban J connectivity index is 2.37. The van der Waals surface area contributed by atoms with Gasteiger partial charge in [-0.1, -0.05) is 0 Å². The Hall–Kier alpha value is -1.79. The molecule has 0 bridgehead atoms. The number of carbonyl (C=O) groups is 2. The molecule has 0 spiro atoms. The Morgan fingerprint density at radius 2 is 2.25 bits per heavy atom. The first kappa shape index (κ1) is 12.3. The Kier molecular flexibility index (Phi) is 4.10. The lowest BCUT2D eigenvalue weighted by Gasteiger charge is -2.35. The van der Waals surface area contributed by atoms with Crippen molar-refractivity contribution in [1.29, 1.82) is 0 Å². The van der Waals surface area contributed by atoms with Gasteiger partial charge in [-0.05, 0) is 12.8 Å². The van der Waals surface area contributed by atoms with Crippen molar-refractivity contribution in [2.24, 2.45) is 16.5 Å². The van der Waals surface area contributed by atoms with E-state index in [-0.39, 0.29) is 11.9 Å². The SMILES string of the molecule is NC(N)=NCCC[C@@H](C(=O)O)N1CCC1=O. The van der Waals surface area contributed by atoms with E-state index in [9.17, 15) is 9.59 Å². The average Bonchev–Trinajstić information content (AvgIpc) is 2.19. The van der Waals surface area contributed by atoms with Crippen LogP contribution in [0.5, 0.6) is 0 Å². The molecule has 1 rings (SSSR count). The number of amides is 1. The zero-order chi connectivity index (χ0) is 12.1. The summed E-state index contributed by atoms with van der Waals surface area (Å²) in [4.78, 5) is 27.2. The second-order valence-electron chi connectivity index (χ2n) is 3.64. The first-order valence-electron chi connectivity index (χ1n) is 5.10. The maximum absolute atomic E-state index is 11.1. The molecule has 1 aliphatic heterocycles. The molecule has 7 nitrogen and oxygen atoms in total. The van der Waals surface area contributed by atoms with E-state index in [1.807, 2.05) is 0 Å². The third kappa shape index (κ3) is 3.11. The van der Waals surface area contributed by atoms with Crippen LogP contribution in [0.1, 0.15) is 19.3 Å². The van der Waals surface area contributed by atoms with E-state index in [1.54, 1.807) is 0 Å². The first-order valence-corrected chi connectivity index (χ1v) is 5.10. The predicted octanol–water partition coefficient (Wildman–Crippen LogP) is -1.27. The van der Waals surface area contributed by atoms with Gasteiger partial charge < -0.3 is 21.5 Å². The van der Waals surface area contributed by atoms with E-state index >= 15 is 0 Å². The van der Waals surface area contributed by atoms with Gasteiger partial charge in [0.15, 0.2) is 5.96 Å². The molecule has 0 aromatic heterocycles. The number of guanidine groups is 1. The zero-order valence-corrected chi connectivity index (χ0v) is 8.93. The summed E-state index contributed by atoms with van der Waals surface area (Å²) in [6, 6.07) is -0.740. The molecule has 90 valence electrons. The molecule has 0 radical (unpaired) electrons. The third-order valence-electron chi connectivity index (χ3n) is 2.48. The molecule has 0 saturated carbocycles. The molecule has 0 aromatic rings. The summed E-state index contributed by atoms with van der Waals surface area (Å²) in [5, 5.41) is 8.96. The number of rotatable bonds is 6. The Labute approximate surface area is 93.1 Å². The van der Waals surface area contributed by atoms with Crippen molar-refractivity contribution >= 4 is 17.8 Å². The van der Waals surface area contributed by atoms with Gasteiger partial charge in [-0.25, -0.2) is 4.79 Å². The molecule has 0 aliphatic carbocycles. The molecule has 7 heteroatoms. The molecule has 5 N–H and O–H groups in total. The van der Waals surface area contributed by atoms with Gasteiger partial charge in [-0.15, -0.1) is 0 Å². The van der Waals surface area contributed by atoms with Crippen molar-refractivity contribution in [3.8, 4) is 0 Å². The van der Waals surface area contributed by atoms with E-state index < -0.39 is 12.0 Å². The molecular weight excluding hydrogens is 212 g/mol. The van der Waals surface area contributed by atoms with Gasteiger partial charge in [0.1, 0.15) is 6.04 Å². The van der Waals surface area contributed by atoms with E-state index in [0.29, 0.717) is 32.4 Å². The maximum atomic E-state index is 11.1. The van der Waals surface area contributed by atoms with Crippen LogP contribution in [-0.2, 0) is 9.59 Å². The smallest absolute Gasteiger partial charge is 0.326 e. The standard InChI is InChI=1S/C9H16N4O3/c10-9(11)12-4-1-2-6(8(15)16)13-5-3-7(13)14/h6H,1-5H2,(H,15,16)(H4,10,11,12)/t6-/m0/s1. The molecule has 1 saturated heterocycles. The molecular formula is C9H16N4O3. The van der Waals surface area contributed by atoms with Gasteiger partial charge in [0.25, 0.3) is 0 Å². The van der Waals surface area contributed by atoms with Crippen LogP contribution in [0.25, 0.3) is 0 Å². The Morgan fingerprint density at radius 1 is 1.56 bits per heavy atom. The highest BCUT2D eigenvalue weighted by molar-refractivity contribution is 5.87. The number of nitrogens with two attached hydrogens (primary N) is 2. The number of nitrogens with zero attached hydrogens (tertiary/aromatic N) is 2. The summed E-state index contributed by atoms with van der Waals surface area (Å²) in [6.45, 7) is 0.909. The summed E-state index contributed by atoms with van der Waals surface area (Å²) in [5.74, 6) is -1.08. The van der Waals surface area contributed by atoms with Crippen molar-refractivity contribution < 1.29 is 14.7 Å². The van der Waals surface area contributed by atoms with E-state index in [2.05, 4.69) is 4.99 Å². The number of carboxylic acid groups (broad SMARTS) is 1. The van der Waals surface area contributed by atoms with Crippen molar-refractivity contribution in [3.05, 3.63) is 0 Å². The number of β-lactam (4-membered cyclic amide) rings is 1. The van der Waals surface area contributed by atoms with Crippen LogP contribution >= 0.6 is 0 Å². The van der Waals surface area contributed by atoms with E-state index in [4.69, 9.17) is 16.6 Å². The largest absolute Gasteiger partial charge is 0.480 e. The number of aliphatic imine (C=N–C) groups is 1. The third-order valence-corrected chi connectivity index (χ3v) is 2.48. The number of carbonyl (C=O) groups excluding carboxylic acids is 1. The van der Waals surface area contributed by atoms with Gasteiger partial charge in [0.2, 0.25) is 5.91 Å². The highest BCUT2D eigenvalue weighted by Gasteiger charge is 2.34. The topological polar surface area (TPSA) is 122 Å². The molecule has 16 heavy (non-hydrogen) atoms. The molecule has 1 aliphatic rings. The number of carboxylic acids is 1. The fourth-order valence-electron chi connectivity index (χ4n) is 1.57. The highest BCUT2D eigenvalue weighted by atomic mass is 16.4. The van der Waals surface area contributed by atoms with Crippen LogP contribution in [0.2, 0.25) is 0 Å². The average molecular weight is 228 g/mol. The molecule has 0 aromatic carbocycles. The van der Waals surface area contributed by atoms with Crippen LogP contribution < -0.4 is 11.5 Å². The number of likely N-dealkylation sites (tertiary alicyclic amines) is 1. The van der Waals surface area contributed by atoms with Crippen LogP contribution in [-0.4, -0.2) is 47.0 Å². The summed E-state index contributed by atoms with van der Waals surface area (Å²) in [7, 11) is 0. The van der Waals surface area contributed by atoms with Crippen LogP contribution in [0.15, 0.2) is 4.99 Å². The molecule has 1 atom stereocenters. The quantitative estimate of drug-likeness (QED) is 0.226. The van der Waals surface area contributed by atoms with Gasteiger partial charge in [-0.3, -0.25) is 9.79 Å². The van der Waals surface area contributed by atoms with E-state index in [1.165, 1.54) is 4.90 Å². The Bertz CT molecular complexity index is 312. The zero-order valence-electron chi connectivity index (χ0n) is 8.93. The minimum atomic E-state index is -0.974. The van der Waals surface area contributed by atoms with Gasteiger partial charge in [0, 0.05) is 19.5 Å². The lowest BCUT2D eigenvalue weighted by Crippen LogP contribution is -2.53. The number of hydrogen-bond acceptors (Lipinski definition) is 3. The normalized spacial score (nSPS) is 16.5. The van der Waals surface area contributed by atoms with Crippen LogP contribution in [0.4, 0.5) is 0 Å². The molecule has 1 amide bonds. The van der Waals surface area contributed by atoms with Gasteiger partial charge in [-0.2, -0.15) is 0 Å². The number of aliphatic carboxylic acids is 1. The van der Waals surface area contributed by atoms with Gasteiger partial charge in [0.05, 0.1) is 0 Å². The second kappa shape index (κ2) is 5.34. The summed E-state index contributed by atoms with van der Waals surface area (Å²) in [6.07, 6.45) is 1.36. The monoisotopic (exact) mass is 228 g/mol. The fourth-order valence-corrected chi connectivity index (χ4v) is 1.57. The summed E-state index contributed by atoms with van der Waals surface area (Å²) in [5.41, 5.74) is 10.3. The fraction of sp³-hybridized carbons (Fsp3) is 0.667. The van der Waals surface area contributed by atoms with Crippen LogP contribution in [0, 0.1) is 0 Å². The van der Waals surface area contributed by atoms with E-state index in [0.717, 1.165) is 0 Å². The number of hydrogen-bond donors (Lipinski definition) is 3. The first-order chi connectivity index (χ1) is 7.52. The minimum absolute atomic E-state index is 0.00750. The van der Waals surface area contributed by atoms with Crippen molar-refractivity contribution in [2.45, 2.75) is 25.3 Å². The maximum Gasteiger partial charge on any atom is 0.326 e. The molecule has 0 unspecified atom stereocenters. The lowest BCUT2D eigenvalue weighted by molar-refractivity contribution is -0.156. The van der Waals surface area contributed by atoms with Gasteiger partial charge >= 0.3 is 5.97 Å². The Morgan fingerprint density at radius 3 is 2.62 bits per heavy atom. The van der Waals surface area contributed by atoms with Crippen molar-refractivity contribution in [3.63, 3.8) is 0 Å². The molecule has 1 fully saturated rings. The van der Waals surface area contributed by atoms with Crippen molar-refractivity contribution in [1.82, 2.24) is 4.90 Å². The highest BCUT2D eigenvalue weighted by Crippen LogP contribution is 2.17. The summed E-state index contributed by atoms with van der Waals surface area (Å²) < 4.78 is 0. The molecule has 1 heterocycles. The second-order valence-corrected chi connectivity index (χ2v) is 3.64. The van der Waals surface area contributed by atoms with Crippen LogP contribution in [0.3, 0.4) is 0 Å². The summed E-state index contributed by atoms with van der Waals surface area (Å²) >= 11 is 0. The van der Waals surface area contributed by atoms with Crippen molar-refractivity contribution in [2.75, 3.05) is 13.1 Å². The minimum Gasteiger partial charge on any atom is -0.480 e. The predicted molar refractivity (Wildman–Crippen MR) is 57.7 cm³/mol. The lowest BCUT2D eigenvalue weighted by atomic mass is 10.0.